The second-order valence-electron chi connectivity index (χ2n) is 5.53. The number of hydrogen-bond acceptors (Lipinski definition) is 3. The van der Waals surface area contributed by atoms with Crippen LogP contribution in [0.2, 0.25) is 0 Å². The van der Waals surface area contributed by atoms with Gasteiger partial charge < -0.3 is 10.7 Å². The molecule has 1 aliphatic carbocycles. The monoisotopic (exact) mass is 295 g/mol. The van der Waals surface area contributed by atoms with Crippen molar-refractivity contribution in [1.29, 1.82) is 0 Å². The summed E-state index contributed by atoms with van der Waals surface area (Å²) in [5.41, 5.74) is 11.6. The molecule has 3 nitrogen and oxygen atoms in total. The quantitative estimate of drug-likeness (QED) is 0.568. The van der Waals surface area contributed by atoms with E-state index in [4.69, 9.17) is 5.73 Å². The van der Waals surface area contributed by atoms with Gasteiger partial charge in [-0.15, -0.1) is 11.8 Å². The summed E-state index contributed by atoms with van der Waals surface area (Å²) < 4.78 is 0. The average molecular weight is 295 g/mol. The second-order valence-corrected chi connectivity index (χ2v) is 6.58. The number of anilines is 1. The number of rotatable bonds is 3. The van der Waals surface area contributed by atoms with Gasteiger partial charge in [0.05, 0.1) is 16.8 Å². The molecule has 2 aromatic carbocycles. The number of nitrogens with zero attached hydrogens (tertiary/aromatic N) is 1. The van der Waals surface area contributed by atoms with Crippen molar-refractivity contribution in [2.75, 3.05) is 5.73 Å². The standard InChI is InChI=1S/C17H17N3S/c18-13-5-7-15-16(9-13)20-17(19-15)10-21-14-6-4-11-2-1-3-12(11)8-14/h4-9H,1-3,10,18H2,(H,19,20). The first kappa shape index (κ1) is 12.8. The number of fused-ring (bicyclic) bond motifs is 2. The van der Waals surface area contributed by atoms with E-state index in [1.807, 2.05) is 30.0 Å². The Bertz CT molecular complexity index is 807. The first-order valence-electron chi connectivity index (χ1n) is 7.27. The molecule has 0 bridgehead atoms. The molecule has 1 aliphatic rings. The number of aromatic amines is 1. The smallest absolute Gasteiger partial charge is 0.117 e. The minimum Gasteiger partial charge on any atom is -0.399 e. The minimum absolute atomic E-state index is 0.768. The van der Waals surface area contributed by atoms with Crippen LogP contribution in [0.15, 0.2) is 41.3 Å². The van der Waals surface area contributed by atoms with Gasteiger partial charge in [-0.25, -0.2) is 4.98 Å². The fourth-order valence-electron chi connectivity index (χ4n) is 2.94. The van der Waals surface area contributed by atoms with Gasteiger partial charge in [0.25, 0.3) is 0 Å². The highest BCUT2D eigenvalue weighted by Gasteiger charge is 2.11. The number of nitrogen functional groups attached to an aromatic ring is 1. The lowest BCUT2D eigenvalue weighted by atomic mass is 10.1. The van der Waals surface area contributed by atoms with Crippen molar-refractivity contribution in [1.82, 2.24) is 9.97 Å². The SMILES string of the molecule is Nc1ccc2nc(CSc3ccc4c(c3)CCC4)[nH]c2c1. The lowest BCUT2D eigenvalue weighted by Crippen LogP contribution is -1.86. The summed E-state index contributed by atoms with van der Waals surface area (Å²) >= 11 is 1.83. The number of thioether (sulfide) groups is 1. The Balaban J connectivity index is 1.52. The van der Waals surface area contributed by atoms with E-state index in [0.717, 1.165) is 28.3 Å². The summed E-state index contributed by atoms with van der Waals surface area (Å²) in [6, 6.07) is 12.6. The zero-order valence-electron chi connectivity index (χ0n) is 11.7. The molecule has 0 radical (unpaired) electrons. The molecule has 0 saturated carbocycles. The molecule has 0 spiro atoms. The van der Waals surface area contributed by atoms with Crippen LogP contribution in [0, 0.1) is 0 Å². The molecule has 3 aromatic rings. The van der Waals surface area contributed by atoms with Crippen LogP contribution in [-0.4, -0.2) is 9.97 Å². The van der Waals surface area contributed by atoms with E-state index in [9.17, 15) is 0 Å². The Labute approximate surface area is 128 Å². The topological polar surface area (TPSA) is 54.7 Å². The Morgan fingerprint density at radius 3 is 2.95 bits per heavy atom. The summed E-state index contributed by atoms with van der Waals surface area (Å²) in [5, 5.41) is 0. The highest BCUT2D eigenvalue weighted by atomic mass is 32.2. The molecule has 0 unspecified atom stereocenters. The van der Waals surface area contributed by atoms with Crippen molar-refractivity contribution in [3.05, 3.63) is 53.3 Å². The number of H-pyrrole nitrogens is 1. The summed E-state index contributed by atoms with van der Waals surface area (Å²) in [4.78, 5) is 9.29. The van der Waals surface area contributed by atoms with Crippen LogP contribution in [0.1, 0.15) is 23.4 Å². The van der Waals surface area contributed by atoms with Crippen LogP contribution < -0.4 is 5.73 Å². The van der Waals surface area contributed by atoms with Crippen LogP contribution in [-0.2, 0) is 18.6 Å². The van der Waals surface area contributed by atoms with Gasteiger partial charge in [-0.3, -0.25) is 0 Å². The Hall–Kier alpha value is -1.94. The minimum atomic E-state index is 0.768. The molecule has 106 valence electrons. The first-order chi connectivity index (χ1) is 10.3. The van der Waals surface area contributed by atoms with E-state index < -0.39 is 0 Å². The van der Waals surface area contributed by atoms with Gasteiger partial charge in [-0.1, -0.05) is 6.07 Å². The van der Waals surface area contributed by atoms with Crippen molar-refractivity contribution in [3.63, 3.8) is 0 Å². The molecule has 3 N–H and O–H groups in total. The Morgan fingerprint density at radius 2 is 2.00 bits per heavy atom. The lowest BCUT2D eigenvalue weighted by molar-refractivity contribution is 0.911. The van der Waals surface area contributed by atoms with Gasteiger partial charge in [0, 0.05) is 10.6 Å². The maximum Gasteiger partial charge on any atom is 0.117 e. The number of benzene rings is 2. The molecule has 21 heavy (non-hydrogen) atoms. The lowest BCUT2D eigenvalue weighted by Gasteiger charge is -2.03. The normalized spacial score (nSPS) is 13.7. The third-order valence-electron chi connectivity index (χ3n) is 4.00. The number of aryl methyl sites for hydroxylation is 2. The van der Waals surface area contributed by atoms with E-state index in [0.29, 0.717) is 0 Å². The van der Waals surface area contributed by atoms with Crippen molar-refractivity contribution >= 4 is 28.5 Å². The third-order valence-corrected chi connectivity index (χ3v) is 5.01. The van der Waals surface area contributed by atoms with Gasteiger partial charge in [0.15, 0.2) is 0 Å². The van der Waals surface area contributed by atoms with E-state index in [1.165, 1.54) is 35.3 Å². The molecular formula is C17H17N3S. The van der Waals surface area contributed by atoms with Crippen molar-refractivity contribution in [2.45, 2.75) is 29.9 Å². The third kappa shape index (κ3) is 2.51. The van der Waals surface area contributed by atoms with Gasteiger partial charge in [-0.05, 0) is 60.7 Å². The molecule has 4 heteroatoms. The average Bonchev–Trinajstić information content (AvgIpc) is 3.09. The van der Waals surface area contributed by atoms with Crippen LogP contribution >= 0.6 is 11.8 Å². The first-order valence-corrected chi connectivity index (χ1v) is 8.25. The highest BCUT2D eigenvalue weighted by molar-refractivity contribution is 7.98. The predicted molar refractivity (Wildman–Crippen MR) is 88.5 cm³/mol. The molecule has 4 rings (SSSR count). The van der Waals surface area contributed by atoms with Gasteiger partial charge >= 0.3 is 0 Å². The van der Waals surface area contributed by atoms with Crippen LogP contribution in [0.5, 0.6) is 0 Å². The van der Waals surface area contributed by atoms with Crippen LogP contribution in [0.25, 0.3) is 11.0 Å². The van der Waals surface area contributed by atoms with Crippen LogP contribution in [0.3, 0.4) is 0 Å². The number of imidazole rings is 1. The number of nitrogens with two attached hydrogens (primary N) is 1. The number of aromatic nitrogens is 2. The van der Waals surface area contributed by atoms with Gasteiger partial charge in [0.1, 0.15) is 5.82 Å². The highest BCUT2D eigenvalue weighted by Crippen LogP contribution is 2.29. The number of hydrogen-bond donors (Lipinski definition) is 2. The summed E-state index contributed by atoms with van der Waals surface area (Å²) in [5.74, 6) is 1.86. The van der Waals surface area contributed by atoms with E-state index >= 15 is 0 Å². The second kappa shape index (κ2) is 5.11. The van der Waals surface area contributed by atoms with Crippen molar-refractivity contribution in [3.8, 4) is 0 Å². The zero-order valence-corrected chi connectivity index (χ0v) is 12.5. The number of nitrogens with one attached hydrogen (secondary N) is 1. The summed E-state index contributed by atoms with van der Waals surface area (Å²) in [7, 11) is 0. The van der Waals surface area contributed by atoms with E-state index in [-0.39, 0.29) is 0 Å². The maximum atomic E-state index is 5.80. The summed E-state index contributed by atoms with van der Waals surface area (Å²) in [6.45, 7) is 0. The fraction of sp³-hybridized carbons (Fsp3) is 0.235. The molecule has 0 amide bonds. The summed E-state index contributed by atoms with van der Waals surface area (Å²) in [6.07, 6.45) is 3.77. The molecule has 0 fully saturated rings. The van der Waals surface area contributed by atoms with Gasteiger partial charge in [-0.2, -0.15) is 0 Å². The molecular weight excluding hydrogens is 278 g/mol. The predicted octanol–water partition coefficient (Wildman–Crippen LogP) is 3.93. The molecule has 0 atom stereocenters. The van der Waals surface area contributed by atoms with Crippen LogP contribution in [0.4, 0.5) is 5.69 Å². The fourth-order valence-corrected chi connectivity index (χ4v) is 3.77. The largest absolute Gasteiger partial charge is 0.399 e. The van der Waals surface area contributed by atoms with E-state index in [1.54, 1.807) is 0 Å². The van der Waals surface area contributed by atoms with Crippen molar-refractivity contribution in [2.24, 2.45) is 0 Å². The zero-order chi connectivity index (χ0) is 14.2. The maximum absolute atomic E-state index is 5.80. The Kier molecular flexibility index (Phi) is 3.11. The molecule has 0 aliphatic heterocycles. The van der Waals surface area contributed by atoms with E-state index in [2.05, 4.69) is 28.2 Å². The molecule has 0 saturated heterocycles. The Morgan fingerprint density at radius 1 is 1.10 bits per heavy atom. The van der Waals surface area contributed by atoms with Crippen molar-refractivity contribution < 1.29 is 0 Å². The molecule has 1 heterocycles. The van der Waals surface area contributed by atoms with Gasteiger partial charge in [0.2, 0.25) is 0 Å². The molecule has 1 aromatic heterocycles.